The maximum absolute atomic E-state index is 13.8. The van der Waals surface area contributed by atoms with E-state index in [1.165, 1.54) is 15.4 Å². The average Bonchev–Trinajstić information content (AvgIpc) is 3.36. The van der Waals surface area contributed by atoms with Gasteiger partial charge in [0.05, 0.1) is 24.2 Å². The third-order valence-corrected chi connectivity index (χ3v) is 4.22. The molecule has 0 spiro atoms. The molecule has 26 heavy (non-hydrogen) atoms. The molecule has 1 aliphatic carbocycles. The molecule has 2 heterocycles. The lowest BCUT2D eigenvalue weighted by molar-refractivity contribution is 0.00819. The van der Waals surface area contributed by atoms with Crippen molar-refractivity contribution in [2.45, 2.75) is 32.1 Å². The van der Waals surface area contributed by atoms with Crippen molar-refractivity contribution in [3.05, 3.63) is 57.3 Å². The maximum Gasteiger partial charge on any atom is 0.379 e. The summed E-state index contributed by atoms with van der Waals surface area (Å²) in [5.74, 6) is -0.327. The number of benzene rings is 1. The van der Waals surface area contributed by atoms with Crippen molar-refractivity contribution in [1.29, 1.82) is 0 Å². The number of halogens is 5. The second-order valence-corrected chi connectivity index (χ2v) is 6.03. The van der Waals surface area contributed by atoms with Crippen molar-refractivity contribution in [3.8, 4) is 0 Å². The first-order valence-electron chi connectivity index (χ1n) is 7.68. The van der Waals surface area contributed by atoms with E-state index >= 15 is 0 Å². The van der Waals surface area contributed by atoms with Crippen LogP contribution in [0.5, 0.6) is 0 Å². The zero-order valence-electron chi connectivity index (χ0n) is 13.2. The highest BCUT2D eigenvalue weighted by molar-refractivity contribution is 6.34. The predicted molar refractivity (Wildman–Crippen MR) is 87.7 cm³/mol. The number of alkyl halides is 3. The second kappa shape index (κ2) is 7.45. The monoisotopic (exact) mass is 388 g/mol. The van der Waals surface area contributed by atoms with Crippen LogP contribution < -0.4 is 5.56 Å². The molecule has 0 aliphatic heterocycles. The molecule has 5 nitrogen and oxygen atoms in total. The molecule has 3 aromatic rings. The Balaban J connectivity index is 0.000000447. The van der Waals surface area contributed by atoms with Crippen molar-refractivity contribution >= 4 is 22.5 Å². The van der Waals surface area contributed by atoms with Gasteiger partial charge < -0.3 is 0 Å². The van der Waals surface area contributed by atoms with Gasteiger partial charge in [0.25, 0.3) is 5.56 Å². The van der Waals surface area contributed by atoms with E-state index in [4.69, 9.17) is 11.6 Å². The lowest BCUT2D eigenvalue weighted by atomic mass is 10.2. The summed E-state index contributed by atoms with van der Waals surface area (Å²) in [7, 11) is 0. The van der Waals surface area contributed by atoms with Crippen molar-refractivity contribution in [2.24, 2.45) is 0 Å². The lowest BCUT2D eigenvalue weighted by Gasteiger charge is -2.04. The van der Waals surface area contributed by atoms with E-state index in [9.17, 15) is 22.4 Å². The van der Waals surface area contributed by atoms with Crippen molar-refractivity contribution < 1.29 is 17.6 Å². The molecule has 10 heteroatoms. The van der Waals surface area contributed by atoms with Crippen molar-refractivity contribution in [2.75, 3.05) is 0 Å². The topological polar surface area (TPSA) is 52.7 Å². The minimum absolute atomic E-state index is 0.170. The Morgan fingerprint density at radius 1 is 1.23 bits per heavy atom. The Hall–Kier alpha value is -2.42. The molecule has 0 bridgehead atoms. The highest BCUT2D eigenvalue weighted by Crippen LogP contribution is 2.33. The van der Waals surface area contributed by atoms with Gasteiger partial charge >= 0.3 is 6.68 Å². The van der Waals surface area contributed by atoms with Gasteiger partial charge in [0.2, 0.25) is 0 Å². The predicted octanol–water partition coefficient (Wildman–Crippen LogP) is 3.95. The van der Waals surface area contributed by atoms with E-state index in [0.717, 1.165) is 12.8 Å². The number of fused-ring (bicyclic) bond motifs is 1. The summed E-state index contributed by atoms with van der Waals surface area (Å²) in [6, 6.07) is 6.59. The molecule has 1 aromatic carbocycles. The average molecular weight is 389 g/mol. The van der Waals surface area contributed by atoms with Crippen LogP contribution in [0.4, 0.5) is 17.6 Å². The number of hydrogen-bond donors (Lipinski definition) is 0. The fraction of sp³-hybridized carbons (Fsp3) is 0.312. The third kappa shape index (κ3) is 3.87. The van der Waals surface area contributed by atoms with Crippen LogP contribution in [-0.2, 0) is 6.54 Å². The van der Waals surface area contributed by atoms with Crippen molar-refractivity contribution in [1.82, 2.24) is 19.6 Å². The Morgan fingerprint density at radius 3 is 2.50 bits per heavy atom. The summed E-state index contributed by atoms with van der Waals surface area (Å²) in [4.78, 5) is 12.4. The van der Waals surface area contributed by atoms with E-state index in [-0.39, 0.29) is 29.5 Å². The molecule has 0 atom stereocenters. The smallest absolute Gasteiger partial charge is 0.265 e. The van der Waals surface area contributed by atoms with E-state index in [2.05, 4.69) is 10.2 Å². The molecule has 1 fully saturated rings. The summed E-state index contributed by atoms with van der Waals surface area (Å²) in [5.41, 5.74) is 0.505. The Labute approximate surface area is 149 Å². The summed E-state index contributed by atoms with van der Waals surface area (Å²) in [6.07, 6.45) is 3.48. The zero-order valence-corrected chi connectivity index (χ0v) is 14.0. The van der Waals surface area contributed by atoms with E-state index < -0.39 is 6.68 Å². The van der Waals surface area contributed by atoms with Gasteiger partial charge in [-0.2, -0.15) is 23.4 Å². The minimum atomic E-state index is -3.67. The maximum atomic E-state index is 13.8. The Morgan fingerprint density at radius 2 is 1.88 bits per heavy atom. The Bertz CT molecular complexity index is 981. The molecule has 0 radical (unpaired) electrons. The van der Waals surface area contributed by atoms with Gasteiger partial charge in [-0.05, 0) is 18.9 Å². The molecule has 2 aromatic heterocycles. The van der Waals surface area contributed by atoms with Gasteiger partial charge in [0.1, 0.15) is 11.0 Å². The fourth-order valence-corrected chi connectivity index (χ4v) is 2.72. The molecule has 0 N–H and O–H groups in total. The van der Waals surface area contributed by atoms with Gasteiger partial charge in [-0.25, -0.2) is 13.8 Å². The number of nitrogens with zero attached hydrogens (tertiary/aromatic N) is 4. The summed E-state index contributed by atoms with van der Waals surface area (Å²) in [5, 5.41) is 9.22. The Kier molecular flexibility index (Phi) is 5.26. The summed E-state index contributed by atoms with van der Waals surface area (Å²) >= 11 is 6.27. The van der Waals surface area contributed by atoms with Gasteiger partial charge in [-0.15, -0.1) is 0 Å². The quantitative estimate of drug-likeness (QED) is 0.638. The van der Waals surface area contributed by atoms with Gasteiger partial charge in [-0.1, -0.05) is 29.8 Å². The van der Waals surface area contributed by atoms with E-state index in [1.807, 2.05) is 0 Å². The standard InChI is InChI=1S/C15H12ClFN4O.CHF3/c16-14-11-7-18-21(10-5-6-10)15(22)13(11)19-20(14)8-9-3-1-2-4-12(9)17;2-1(3)4/h1-4,7,10H,5-6,8H2;1H. The number of rotatable bonds is 3. The second-order valence-electron chi connectivity index (χ2n) is 5.68. The zero-order chi connectivity index (χ0) is 18.8. The van der Waals surface area contributed by atoms with Gasteiger partial charge in [-0.3, -0.25) is 4.79 Å². The lowest BCUT2D eigenvalue weighted by Crippen LogP contribution is -2.21. The van der Waals surface area contributed by atoms with Crippen LogP contribution in [0.3, 0.4) is 0 Å². The molecule has 1 saturated carbocycles. The van der Waals surface area contributed by atoms with Crippen LogP contribution in [0.1, 0.15) is 24.4 Å². The van der Waals surface area contributed by atoms with Crippen LogP contribution in [0.15, 0.2) is 35.3 Å². The molecular weight excluding hydrogens is 376 g/mol. The highest BCUT2D eigenvalue weighted by Gasteiger charge is 2.27. The minimum Gasteiger partial charge on any atom is -0.265 e. The first-order valence-corrected chi connectivity index (χ1v) is 8.05. The van der Waals surface area contributed by atoms with Gasteiger partial charge in [0, 0.05) is 5.56 Å². The molecule has 0 amide bonds. The highest BCUT2D eigenvalue weighted by atomic mass is 35.5. The van der Waals surface area contributed by atoms with Crippen LogP contribution in [0.2, 0.25) is 5.15 Å². The number of hydrogen-bond acceptors (Lipinski definition) is 3. The summed E-state index contributed by atoms with van der Waals surface area (Å²) in [6.45, 7) is -3.50. The SMILES string of the molecule is FC(F)F.O=c1c2nn(Cc3ccccc3F)c(Cl)c2cnn1C1CC1. The van der Waals surface area contributed by atoms with Crippen molar-refractivity contribution in [3.63, 3.8) is 0 Å². The van der Waals surface area contributed by atoms with Crippen LogP contribution >= 0.6 is 11.6 Å². The van der Waals surface area contributed by atoms with Gasteiger partial charge in [0.15, 0.2) is 5.52 Å². The van der Waals surface area contributed by atoms with Crippen LogP contribution in [0.25, 0.3) is 10.9 Å². The summed E-state index contributed by atoms with van der Waals surface area (Å²) < 4.78 is 45.7. The van der Waals surface area contributed by atoms with E-state index in [1.54, 1.807) is 24.4 Å². The normalized spacial score (nSPS) is 13.8. The molecular formula is C16H13ClF4N4O. The third-order valence-electron chi connectivity index (χ3n) is 3.82. The molecule has 138 valence electrons. The fourth-order valence-electron chi connectivity index (χ4n) is 2.48. The van der Waals surface area contributed by atoms with Crippen LogP contribution in [-0.4, -0.2) is 26.2 Å². The largest absolute Gasteiger partial charge is 0.379 e. The first-order chi connectivity index (χ1) is 12.4. The number of aromatic nitrogens is 4. The molecule has 0 saturated heterocycles. The molecule has 1 aliphatic rings. The molecule has 4 rings (SSSR count). The first kappa shape index (κ1) is 18.4. The van der Waals surface area contributed by atoms with Crippen LogP contribution in [0, 0.1) is 5.82 Å². The van der Waals surface area contributed by atoms with E-state index in [0.29, 0.717) is 16.1 Å². The molecule has 0 unspecified atom stereocenters.